The van der Waals surface area contributed by atoms with Crippen LogP contribution in [0, 0.1) is 12.8 Å². The van der Waals surface area contributed by atoms with E-state index < -0.39 is 15.9 Å². The highest BCUT2D eigenvalue weighted by Crippen LogP contribution is 2.10. The Kier molecular flexibility index (Phi) is 6.15. The number of sulfonamides is 1. The number of carbonyl (C=O) groups excluding carboxylic acids is 1. The summed E-state index contributed by atoms with van der Waals surface area (Å²) in [6, 6.07) is 7.88. The first-order valence-electron chi connectivity index (χ1n) is 7.90. The normalized spacial score (nSPS) is 17.7. The third-order valence-electron chi connectivity index (χ3n) is 3.93. The lowest BCUT2D eigenvalue weighted by Gasteiger charge is -2.27. The fourth-order valence-corrected chi connectivity index (χ4v) is 4.34. The van der Waals surface area contributed by atoms with Gasteiger partial charge in [-0.3, -0.25) is 4.79 Å². The summed E-state index contributed by atoms with van der Waals surface area (Å²) in [5.74, 6) is -0.947. The SMILES string of the molecule is Cc1cccc(CNC(=O)C(C)CS(=O)(=O)N2CCNCC2)c1. The topological polar surface area (TPSA) is 78.5 Å². The van der Waals surface area contributed by atoms with Crippen molar-refractivity contribution in [3.8, 4) is 0 Å². The summed E-state index contributed by atoms with van der Waals surface area (Å²) in [6.45, 7) is 6.33. The summed E-state index contributed by atoms with van der Waals surface area (Å²) >= 11 is 0. The van der Waals surface area contributed by atoms with Crippen molar-refractivity contribution in [1.29, 1.82) is 0 Å². The Hall–Kier alpha value is -1.44. The molecular formula is C16H25N3O3S. The Morgan fingerprint density at radius 2 is 2.04 bits per heavy atom. The molecule has 1 saturated heterocycles. The summed E-state index contributed by atoms with van der Waals surface area (Å²) in [6.07, 6.45) is 0. The predicted molar refractivity (Wildman–Crippen MR) is 90.4 cm³/mol. The van der Waals surface area contributed by atoms with E-state index in [9.17, 15) is 13.2 Å². The first kappa shape index (κ1) is 17.9. The molecule has 0 aliphatic carbocycles. The van der Waals surface area contributed by atoms with Crippen LogP contribution in [0.4, 0.5) is 0 Å². The Morgan fingerprint density at radius 3 is 2.70 bits per heavy atom. The summed E-state index contributed by atoms with van der Waals surface area (Å²) < 4.78 is 26.1. The minimum Gasteiger partial charge on any atom is -0.352 e. The van der Waals surface area contributed by atoms with Crippen LogP contribution in [0.5, 0.6) is 0 Å². The zero-order chi connectivity index (χ0) is 16.9. The minimum absolute atomic E-state index is 0.146. The van der Waals surface area contributed by atoms with Crippen LogP contribution in [0.25, 0.3) is 0 Å². The molecular weight excluding hydrogens is 314 g/mol. The van der Waals surface area contributed by atoms with E-state index in [1.54, 1.807) is 6.92 Å². The van der Waals surface area contributed by atoms with Crippen molar-refractivity contribution in [2.75, 3.05) is 31.9 Å². The molecule has 0 aromatic heterocycles. The molecule has 0 saturated carbocycles. The van der Waals surface area contributed by atoms with Gasteiger partial charge in [0.1, 0.15) is 0 Å². The molecule has 1 aromatic carbocycles. The summed E-state index contributed by atoms with van der Waals surface area (Å²) in [5.41, 5.74) is 2.14. The van der Waals surface area contributed by atoms with Crippen LogP contribution in [-0.2, 0) is 21.4 Å². The van der Waals surface area contributed by atoms with Gasteiger partial charge in [0, 0.05) is 32.7 Å². The number of hydrogen-bond donors (Lipinski definition) is 2. The van der Waals surface area contributed by atoms with Crippen LogP contribution in [0.1, 0.15) is 18.1 Å². The molecule has 0 radical (unpaired) electrons. The van der Waals surface area contributed by atoms with E-state index in [2.05, 4.69) is 10.6 Å². The van der Waals surface area contributed by atoms with E-state index in [0.717, 1.165) is 11.1 Å². The van der Waals surface area contributed by atoms with Gasteiger partial charge in [-0.15, -0.1) is 0 Å². The molecule has 1 aliphatic heterocycles. The van der Waals surface area contributed by atoms with Crippen molar-refractivity contribution < 1.29 is 13.2 Å². The van der Waals surface area contributed by atoms with Gasteiger partial charge in [0.2, 0.25) is 15.9 Å². The van der Waals surface area contributed by atoms with Crippen molar-refractivity contribution in [3.05, 3.63) is 35.4 Å². The van der Waals surface area contributed by atoms with Gasteiger partial charge in [-0.1, -0.05) is 36.8 Å². The van der Waals surface area contributed by atoms with Gasteiger partial charge < -0.3 is 10.6 Å². The molecule has 7 heteroatoms. The van der Waals surface area contributed by atoms with Crippen LogP contribution in [0.2, 0.25) is 0 Å². The maximum Gasteiger partial charge on any atom is 0.224 e. The second-order valence-corrected chi connectivity index (χ2v) is 8.05. The molecule has 1 heterocycles. The fourth-order valence-electron chi connectivity index (χ4n) is 2.61. The molecule has 1 atom stereocenters. The summed E-state index contributed by atoms with van der Waals surface area (Å²) in [4.78, 5) is 12.2. The van der Waals surface area contributed by atoms with Gasteiger partial charge in [0.05, 0.1) is 11.7 Å². The molecule has 0 spiro atoms. The molecule has 2 rings (SSSR count). The number of piperazine rings is 1. The number of nitrogens with one attached hydrogen (secondary N) is 2. The maximum atomic E-state index is 12.3. The smallest absolute Gasteiger partial charge is 0.224 e. The molecule has 2 N–H and O–H groups in total. The molecule has 1 unspecified atom stereocenters. The minimum atomic E-state index is -3.38. The highest BCUT2D eigenvalue weighted by atomic mass is 32.2. The van der Waals surface area contributed by atoms with E-state index >= 15 is 0 Å². The monoisotopic (exact) mass is 339 g/mol. The van der Waals surface area contributed by atoms with Crippen LogP contribution < -0.4 is 10.6 Å². The summed E-state index contributed by atoms with van der Waals surface area (Å²) in [7, 11) is -3.38. The lowest BCUT2D eigenvalue weighted by atomic mass is 10.1. The number of aryl methyl sites for hydroxylation is 1. The van der Waals surface area contributed by atoms with Gasteiger partial charge in [-0.05, 0) is 12.5 Å². The first-order chi connectivity index (χ1) is 10.9. The lowest BCUT2D eigenvalue weighted by molar-refractivity contribution is -0.124. The van der Waals surface area contributed by atoms with E-state index in [-0.39, 0.29) is 11.7 Å². The van der Waals surface area contributed by atoms with E-state index in [0.29, 0.717) is 32.7 Å². The predicted octanol–water partition coefficient (Wildman–Crippen LogP) is 0.482. The van der Waals surface area contributed by atoms with Gasteiger partial charge in [-0.25, -0.2) is 8.42 Å². The molecule has 128 valence electrons. The van der Waals surface area contributed by atoms with E-state index in [1.807, 2.05) is 31.2 Å². The van der Waals surface area contributed by atoms with Crippen molar-refractivity contribution >= 4 is 15.9 Å². The van der Waals surface area contributed by atoms with Crippen molar-refractivity contribution in [1.82, 2.24) is 14.9 Å². The summed E-state index contributed by atoms with van der Waals surface area (Å²) in [5, 5.41) is 5.94. The molecule has 0 bridgehead atoms. The maximum absolute atomic E-state index is 12.3. The average molecular weight is 339 g/mol. The zero-order valence-corrected chi connectivity index (χ0v) is 14.5. The molecule has 23 heavy (non-hydrogen) atoms. The van der Waals surface area contributed by atoms with E-state index in [1.165, 1.54) is 4.31 Å². The number of amides is 1. The third-order valence-corrected chi connectivity index (χ3v) is 6.00. The third kappa shape index (κ3) is 5.30. The van der Waals surface area contributed by atoms with Crippen molar-refractivity contribution in [3.63, 3.8) is 0 Å². The molecule has 1 amide bonds. The molecule has 1 aliphatic rings. The number of benzene rings is 1. The van der Waals surface area contributed by atoms with Gasteiger partial charge in [0.25, 0.3) is 0 Å². The van der Waals surface area contributed by atoms with Gasteiger partial charge in [0.15, 0.2) is 0 Å². The van der Waals surface area contributed by atoms with Gasteiger partial charge in [-0.2, -0.15) is 4.31 Å². The standard InChI is InChI=1S/C16H25N3O3S/c1-13-4-3-5-15(10-13)11-18-16(20)14(2)12-23(21,22)19-8-6-17-7-9-19/h3-5,10,14,17H,6-9,11-12H2,1-2H3,(H,18,20). The largest absolute Gasteiger partial charge is 0.352 e. The molecule has 6 nitrogen and oxygen atoms in total. The van der Waals surface area contributed by atoms with Crippen molar-refractivity contribution in [2.45, 2.75) is 20.4 Å². The number of hydrogen-bond acceptors (Lipinski definition) is 4. The molecule has 1 fully saturated rings. The Balaban J connectivity index is 1.86. The Bertz CT molecular complexity index is 640. The van der Waals surface area contributed by atoms with Crippen LogP contribution in [0.15, 0.2) is 24.3 Å². The second kappa shape index (κ2) is 7.90. The van der Waals surface area contributed by atoms with Gasteiger partial charge >= 0.3 is 0 Å². The number of rotatable bonds is 6. The highest BCUT2D eigenvalue weighted by molar-refractivity contribution is 7.89. The fraction of sp³-hybridized carbons (Fsp3) is 0.562. The van der Waals surface area contributed by atoms with E-state index in [4.69, 9.17) is 0 Å². The van der Waals surface area contributed by atoms with Crippen LogP contribution in [-0.4, -0.2) is 50.6 Å². The van der Waals surface area contributed by atoms with Crippen LogP contribution in [0.3, 0.4) is 0 Å². The first-order valence-corrected chi connectivity index (χ1v) is 9.51. The molecule has 1 aromatic rings. The Morgan fingerprint density at radius 1 is 1.35 bits per heavy atom. The van der Waals surface area contributed by atoms with Crippen LogP contribution >= 0.6 is 0 Å². The quantitative estimate of drug-likeness (QED) is 0.790. The number of nitrogens with zero attached hydrogens (tertiary/aromatic N) is 1. The second-order valence-electron chi connectivity index (χ2n) is 6.04. The zero-order valence-electron chi connectivity index (χ0n) is 13.7. The average Bonchev–Trinajstić information content (AvgIpc) is 2.53. The lowest BCUT2D eigenvalue weighted by Crippen LogP contribution is -2.48. The van der Waals surface area contributed by atoms with Crippen molar-refractivity contribution in [2.24, 2.45) is 5.92 Å². The highest BCUT2D eigenvalue weighted by Gasteiger charge is 2.28. The number of carbonyl (C=O) groups is 1. The Labute approximate surface area is 138 Å².